The molecule has 0 aliphatic carbocycles. The average molecular weight is 340 g/mol. The number of carbonyl (C=O) groups is 3. The van der Waals surface area contributed by atoms with Crippen LogP contribution < -0.4 is 9.64 Å². The van der Waals surface area contributed by atoms with Gasteiger partial charge in [-0.1, -0.05) is 13.8 Å². The molecule has 6 nitrogen and oxygen atoms in total. The van der Waals surface area contributed by atoms with Crippen LogP contribution in [-0.4, -0.2) is 40.8 Å². The van der Waals surface area contributed by atoms with Gasteiger partial charge in [-0.25, -0.2) is 4.79 Å². The molecule has 1 amide bonds. The molecule has 2 rings (SSSR count). The van der Waals surface area contributed by atoms with Gasteiger partial charge in [0.05, 0.1) is 11.6 Å². The number of nitrogens with zero attached hydrogens (tertiary/aromatic N) is 1. The number of carboxylic acids is 1. The number of carboxylic acid groups (broad SMARTS) is 1. The van der Waals surface area contributed by atoms with E-state index in [4.69, 9.17) is 16.3 Å². The maximum atomic E-state index is 12.7. The van der Waals surface area contributed by atoms with Gasteiger partial charge in [0, 0.05) is 5.56 Å². The number of anilines is 1. The summed E-state index contributed by atoms with van der Waals surface area (Å²) in [4.78, 5) is 37.0. The molecule has 1 aliphatic heterocycles. The highest BCUT2D eigenvalue weighted by atomic mass is 35.5. The minimum atomic E-state index is -1.14. The number of fused-ring (bicyclic) bond motifs is 1. The van der Waals surface area contributed by atoms with E-state index in [1.807, 2.05) is 13.8 Å². The lowest BCUT2D eigenvalue weighted by Crippen LogP contribution is -2.54. The van der Waals surface area contributed by atoms with Gasteiger partial charge in [0.15, 0.2) is 11.9 Å². The summed E-state index contributed by atoms with van der Waals surface area (Å²) >= 11 is 5.56. The van der Waals surface area contributed by atoms with E-state index in [1.54, 1.807) is 12.1 Å². The molecular formula is C16H18ClNO5. The van der Waals surface area contributed by atoms with Crippen molar-refractivity contribution in [1.82, 2.24) is 0 Å². The van der Waals surface area contributed by atoms with Crippen molar-refractivity contribution in [3.8, 4) is 5.75 Å². The first-order valence-electron chi connectivity index (χ1n) is 7.23. The molecule has 0 fully saturated rings. The lowest BCUT2D eigenvalue weighted by atomic mass is 10.0. The molecule has 23 heavy (non-hydrogen) atoms. The van der Waals surface area contributed by atoms with Crippen LogP contribution in [0.25, 0.3) is 0 Å². The van der Waals surface area contributed by atoms with Gasteiger partial charge in [-0.15, -0.1) is 11.6 Å². The molecule has 1 heterocycles. The lowest BCUT2D eigenvalue weighted by Gasteiger charge is -2.38. The second-order valence-corrected chi connectivity index (χ2v) is 6.01. The zero-order valence-electron chi connectivity index (χ0n) is 13.1. The van der Waals surface area contributed by atoms with Crippen molar-refractivity contribution in [3.63, 3.8) is 0 Å². The smallest absolute Gasteiger partial charge is 0.326 e. The van der Waals surface area contributed by atoms with E-state index in [0.717, 1.165) is 0 Å². The van der Waals surface area contributed by atoms with Crippen molar-refractivity contribution in [1.29, 1.82) is 0 Å². The van der Waals surface area contributed by atoms with Crippen LogP contribution in [0.5, 0.6) is 5.75 Å². The van der Waals surface area contributed by atoms with E-state index in [9.17, 15) is 19.5 Å². The number of aliphatic carboxylic acids is 1. The first-order valence-corrected chi connectivity index (χ1v) is 7.77. The van der Waals surface area contributed by atoms with E-state index in [1.165, 1.54) is 17.9 Å². The fourth-order valence-electron chi connectivity index (χ4n) is 2.43. The van der Waals surface area contributed by atoms with Crippen LogP contribution in [0.4, 0.5) is 5.69 Å². The summed E-state index contributed by atoms with van der Waals surface area (Å²) in [5.41, 5.74) is 0.582. The molecule has 2 unspecified atom stereocenters. The zero-order chi connectivity index (χ0) is 17.3. The quantitative estimate of drug-likeness (QED) is 0.657. The number of alkyl halides is 1. The number of hydrogen-bond acceptors (Lipinski definition) is 4. The molecular weight excluding hydrogens is 322 g/mol. The van der Waals surface area contributed by atoms with Crippen LogP contribution in [-0.2, 0) is 9.59 Å². The molecule has 0 saturated heterocycles. The second kappa shape index (κ2) is 6.58. The molecule has 7 heteroatoms. The van der Waals surface area contributed by atoms with Gasteiger partial charge in [0.25, 0.3) is 5.91 Å². The van der Waals surface area contributed by atoms with E-state index in [-0.39, 0.29) is 23.3 Å². The van der Waals surface area contributed by atoms with Gasteiger partial charge >= 0.3 is 5.97 Å². The van der Waals surface area contributed by atoms with Gasteiger partial charge in [0.2, 0.25) is 0 Å². The summed E-state index contributed by atoms with van der Waals surface area (Å²) in [5, 5.41) is 9.30. The number of amides is 1. The lowest BCUT2D eigenvalue weighted by molar-refractivity contribution is -0.141. The van der Waals surface area contributed by atoms with Crippen molar-refractivity contribution in [2.75, 3.05) is 10.8 Å². The van der Waals surface area contributed by atoms with Gasteiger partial charge in [-0.3, -0.25) is 14.5 Å². The third kappa shape index (κ3) is 3.17. The van der Waals surface area contributed by atoms with Gasteiger partial charge in [0.1, 0.15) is 11.8 Å². The maximum absolute atomic E-state index is 12.7. The standard InChI is InChI=1S/C16H18ClNO5/c1-8(2)14-15(20)18(9(3)16(21)22)11-6-10(12(19)7-17)4-5-13(11)23-14/h4-6,8-9,14H,7H2,1-3H3,(H,21,22). The maximum Gasteiger partial charge on any atom is 0.326 e. The molecule has 0 radical (unpaired) electrons. The Bertz CT molecular complexity index is 658. The Labute approximate surface area is 139 Å². The van der Waals surface area contributed by atoms with Crippen molar-refractivity contribution in [2.24, 2.45) is 5.92 Å². The summed E-state index contributed by atoms with van der Waals surface area (Å²) in [6.07, 6.45) is -0.765. The Kier molecular flexibility index (Phi) is 4.94. The molecule has 1 aliphatic rings. The highest BCUT2D eigenvalue weighted by Crippen LogP contribution is 2.38. The Hall–Kier alpha value is -2.08. The number of Topliss-reactive ketones (excluding diaryl/α,β-unsaturated/α-hetero) is 1. The fourth-order valence-corrected chi connectivity index (χ4v) is 2.58. The first kappa shape index (κ1) is 17.3. The minimum absolute atomic E-state index is 0.122. The van der Waals surface area contributed by atoms with Crippen molar-refractivity contribution in [2.45, 2.75) is 32.9 Å². The van der Waals surface area contributed by atoms with E-state index < -0.39 is 24.0 Å². The summed E-state index contributed by atoms with van der Waals surface area (Å²) in [5.74, 6) is -1.82. The third-order valence-corrected chi connectivity index (χ3v) is 3.99. The fraction of sp³-hybridized carbons (Fsp3) is 0.438. The van der Waals surface area contributed by atoms with Gasteiger partial charge < -0.3 is 9.84 Å². The first-order chi connectivity index (χ1) is 10.8. The predicted octanol–water partition coefficient (Wildman–Crippen LogP) is 2.33. The topological polar surface area (TPSA) is 83.9 Å². The van der Waals surface area contributed by atoms with Crippen LogP contribution in [0.15, 0.2) is 18.2 Å². The normalized spacial score (nSPS) is 18.4. The molecule has 124 valence electrons. The molecule has 0 bridgehead atoms. The summed E-state index contributed by atoms with van der Waals surface area (Å²) < 4.78 is 5.71. The highest BCUT2D eigenvalue weighted by Gasteiger charge is 2.40. The Morgan fingerprint density at radius 3 is 2.52 bits per heavy atom. The number of hydrogen-bond donors (Lipinski definition) is 1. The molecule has 1 aromatic rings. The Morgan fingerprint density at radius 1 is 1.35 bits per heavy atom. The summed E-state index contributed by atoms with van der Waals surface area (Å²) in [7, 11) is 0. The summed E-state index contributed by atoms with van der Waals surface area (Å²) in [6, 6.07) is 3.50. The number of ether oxygens (including phenoxy) is 1. The molecule has 0 spiro atoms. The van der Waals surface area contributed by atoms with E-state index in [2.05, 4.69) is 0 Å². The van der Waals surface area contributed by atoms with Crippen LogP contribution in [0, 0.1) is 5.92 Å². The zero-order valence-corrected chi connectivity index (χ0v) is 13.8. The monoisotopic (exact) mass is 339 g/mol. The van der Waals surface area contributed by atoms with Crippen LogP contribution in [0.2, 0.25) is 0 Å². The molecule has 0 saturated carbocycles. The Morgan fingerprint density at radius 2 is 2.00 bits per heavy atom. The average Bonchev–Trinajstić information content (AvgIpc) is 2.52. The predicted molar refractivity (Wildman–Crippen MR) is 85.3 cm³/mol. The number of carbonyl (C=O) groups excluding carboxylic acids is 2. The van der Waals surface area contributed by atoms with E-state index in [0.29, 0.717) is 11.3 Å². The molecule has 1 N–H and O–H groups in total. The third-order valence-electron chi connectivity index (χ3n) is 3.75. The number of halogens is 1. The van der Waals surface area contributed by atoms with Crippen molar-refractivity contribution in [3.05, 3.63) is 23.8 Å². The minimum Gasteiger partial charge on any atom is -0.480 e. The van der Waals surface area contributed by atoms with Gasteiger partial charge in [-0.2, -0.15) is 0 Å². The van der Waals surface area contributed by atoms with Crippen LogP contribution in [0.1, 0.15) is 31.1 Å². The largest absolute Gasteiger partial charge is 0.480 e. The SMILES string of the molecule is CC(C)C1Oc2ccc(C(=O)CCl)cc2N(C(C)C(=O)O)C1=O. The highest BCUT2D eigenvalue weighted by molar-refractivity contribution is 6.30. The second-order valence-electron chi connectivity index (χ2n) is 5.74. The van der Waals surface area contributed by atoms with Crippen molar-refractivity contribution < 1.29 is 24.2 Å². The van der Waals surface area contributed by atoms with Crippen LogP contribution in [0.3, 0.4) is 0 Å². The summed E-state index contributed by atoms with van der Waals surface area (Å²) in [6.45, 7) is 5.06. The van der Waals surface area contributed by atoms with Gasteiger partial charge in [-0.05, 0) is 31.0 Å². The van der Waals surface area contributed by atoms with Crippen LogP contribution >= 0.6 is 11.6 Å². The number of rotatable bonds is 5. The Balaban J connectivity index is 2.57. The molecule has 2 atom stereocenters. The number of ketones is 1. The molecule has 0 aromatic heterocycles. The van der Waals surface area contributed by atoms with Crippen molar-refractivity contribution >= 4 is 34.9 Å². The number of benzene rings is 1. The molecule has 1 aromatic carbocycles. The van der Waals surface area contributed by atoms with E-state index >= 15 is 0 Å².